The summed E-state index contributed by atoms with van der Waals surface area (Å²) in [4.78, 5) is 44.7. The van der Waals surface area contributed by atoms with E-state index in [0.717, 1.165) is 12.1 Å². The second-order valence-corrected chi connectivity index (χ2v) is 8.79. The molecule has 3 amide bonds. The van der Waals surface area contributed by atoms with E-state index in [4.69, 9.17) is 4.74 Å². The highest BCUT2D eigenvalue weighted by atomic mass is 16.5. The molecular weight excluding hydrogens is 432 g/mol. The number of nitrogens with zero attached hydrogens (tertiary/aromatic N) is 3. The molecule has 0 unspecified atom stereocenters. The molecule has 0 atom stereocenters. The molecule has 0 bridgehead atoms. The van der Waals surface area contributed by atoms with E-state index in [1.165, 1.54) is 0 Å². The Morgan fingerprint density at radius 1 is 1.00 bits per heavy atom. The number of likely N-dealkylation sites (tertiary alicyclic amines) is 1. The molecule has 0 aliphatic carbocycles. The molecule has 4 rings (SSSR count). The smallest absolute Gasteiger partial charge is 0.253 e. The lowest BCUT2D eigenvalue weighted by molar-refractivity contribution is -0.137. The number of anilines is 1. The lowest BCUT2D eigenvalue weighted by Crippen LogP contribution is -2.57. The van der Waals surface area contributed by atoms with Crippen molar-refractivity contribution in [3.63, 3.8) is 0 Å². The van der Waals surface area contributed by atoms with E-state index in [-0.39, 0.29) is 24.3 Å². The number of rotatable bonds is 8. The number of piperidine rings is 1. The van der Waals surface area contributed by atoms with Crippen LogP contribution in [0, 0.1) is 0 Å². The lowest BCUT2D eigenvalue weighted by Gasteiger charge is -2.43. The second kappa shape index (κ2) is 10.7. The van der Waals surface area contributed by atoms with Gasteiger partial charge in [-0.3, -0.25) is 14.4 Å². The molecule has 2 aromatic carbocycles. The number of ether oxygens (including phenoxy) is 1. The predicted molar refractivity (Wildman–Crippen MR) is 129 cm³/mol. The number of hydrogen-bond acceptors (Lipinski definition) is 5. The average molecular weight is 465 g/mol. The highest BCUT2D eigenvalue weighted by molar-refractivity contribution is 5.97. The van der Waals surface area contributed by atoms with Crippen LogP contribution in [0.25, 0.3) is 0 Å². The molecule has 2 heterocycles. The second-order valence-electron chi connectivity index (χ2n) is 8.79. The summed E-state index contributed by atoms with van der Waals surface area (Å²) in [5.74, 6) is -0.235. The maximum absolute atomic E-state index is 13.7. The monoisotopic (exact) mass is 464 g/mol. The quantitative estimate of drug-likeness (QED) is 0.606. The molecule has 180 valence electrons. The zero-order valence-electron chi connectivity index (χ0n) is 19.6. The predicted octanol–water partition coefficient (Wildman–Crippen LogP) is 2.12. The fourth-order valence-electron chi connectivity index (χ4n) is 4.84. The molecule has 8 heteroatoms. The summed E-state index contributed by atoms with van der Waals surface area (Å²) in [5, 5.41) is 2.87. The van der Waals surface area contributed by atoms with E-state index in [2.05, 4.69) is 10.2 Å². The van der Waals surface area contributed by atoms with Crippen molar-refractivity contribution < 1.29 is 19.1 Å². The van der Waals surface area contributed by atoms with Gasteiger partial charge in [-0.15, -0.1) is 0 Å². The Kier molecular flexibility index (Phi) is 7.47. The number of nitrogens with one attached hydrogen (secondary N) is 1. The van der Waals surface area contributed by atoms with Gasteiger partial charge in [-0.25, -0.2) is 0 Å². The zero-order valence-corrected chi connectivity index (χ0v) is 19.6. The van der Waals surface area contributed by atoms with Crippen LogP contribution in [0.4, 0.5) is 5.69 Å². The molecule has 0 radical (unpaired) electrons. The van der Waals surface area contributed by atoms with Gasteiger partial charge < -0.3 is 24.8 Å². The SMILES string of the molecule is COCCCNC(=O)CN1CN(c2ccccc2)C2(CCN(C(=O)c3ccccc3)CC2)C1=O. The molecule has 1 N–H and O–H groups in total. The molecule has 8 nitrogen and oxygen atoms in total. The first-order valence-electron chi connectivity index (χ1n) is 11.8. The van der Waals surface area contributed by atoms with Crippen LogP contribution in [0.1, 0.15) is 29.6 Å². The standard InChI is InChI=1S/C26H32N4O4/c1-34-18-8-15-27-23(31)19-29-20-30(22-11-6-3-7-12-22)26(25(29)33)13-16-28(17-14-26)24(32)21-9-4-2-5-10-21/h2-7,9-12H,8,13-20H2,1H3,(H,27,31). The van der Waals surface area contributed by atoms with Crippen molar-refractivity contribution in [2.45, 2.75) is 24.8 Å². The Bertz CT molecular complexity index is 990. The summed E-state index contributed by atoms with van der Waals surface area (Å²) < 4.78 is 5.02. The van der Waals surface area contributed by atoms with Crippen molar-refractivity contribution in [3.05, 3.63) is 66.2 Å². The lowest BCUT2D eigenvalue weighted by atomic mass is 9.85. The van der Waals surface area contributed by atoms with Gasteiger partial charge in [0.25, 0.3) is 11.8 Å². The Morgan fingerprint density at radius 3 is 2.29 bits per heavy atom. The van der Waals surface area contributed by atoms with Crippen LogP contribution in [0.15, 0.2) is 60.7 Å². The van der Waals surface area contributed by atoms with Gasteiger partial charge in [-0.1, -0.05) is 36.4 Å². The fraction of sp³-hybridized carbons (Fsp3) is 0.423. The summed E-state index contributed by atoms with van der Waals surface area (Å²) in [7, 11) is 1.63. The molecule has 1 spiro atoms. The van der Waals surface area contributed by atoms with Gasteiger partial charge in [0.05, 0.1) is 6.67 Å². The minimum atomic E-state index is -0.759. The zero-order chi connectivity index (χ0) is 24.0. The van der Waals surface area contributed by atoms with Crippen LogP contribution < -0.4 is 10.2 Å². The van der Waals surface area contributed by atoms with Crippen molar-refractivity contribution in [1.82, 2.24) is 15.1 Å². The molecule has 2 aromatic rings. The fourth-order valence-corrected chi connectivity index (χ4v) is 4.84. The largest absolute Gasteiger partial charge is 0.385 e. The van der Waals surface area contributed by atoms with Crippen molar-refractivity contribution in [3.8, 4) is 0 Å². The van der Waals surface area contributed by atoms with Gasteiger partial charge in [0.2, 0.25) is 5.91 Å². The van der Waals surface area contributed by atoms with Crippen LogP contribution in [0.3, 0.4) is 0 Å². The minimum absolute atomic E-state index is 0.0144. The average Bonchev–Trinajstić information content (AvgIpc) is 3.14. The van der Waals surface area contributed by atoms with Crippen molar-refractivity contribution in [2.24, 2.45) is 0 Å². The number of methoxy groups -OCH3 is 1. The van der Waals surface area contributed by atoms with Crippen LogP contribution in [-0.4, -0.2) is 79.6 Å². The van der Waals surface area contributed by atoms with Crippen LogP contribution in [0.5, 0.6) is 0 Å². The third-order valence-corrected chi connectivity index (χ3v) is 6.66. The van der Waals surface area contributed by atoms with Gasteiger partial charge in [0, 0.05) is 44.6 Å². The van der Waals surface area contributed by atoms with E-state index in [1.54, 1.807) is 12.0 Å². The van der Waals surface area contributed by atoms with E-state index in [1.807, 2.05) is 65.6 Å². The summed E-state index contributed by atoms with van der Waals surface area (Å²) in [6, 6.07) is 19.1. The number of benzene rings is 2. The number of carbonyl (C=O) groups is 3. The maximum atomic E-state index is 13.7. The van der Waals surface area contributed by atoms with Crippen LogP contribution >= 0.6 is 0 Å². The summed E-state index contributed by atoms with van der Waals surface area (Å²) in [5.41, 5.74) is 0.843. The maximum Gasteiger partial charge on any atom is 0.253 e. The first-order valence-corrected chi connectivity index (χ1v) is 11.8. The van der Waals surface area contributed by atoms with E-state index < -0.39 is 5.54 Å². The normalized spacial score (nSPS) is 17.3. The van der Waals surface area contributed by atoms with E-state index >= 15 is 0 Å². The number of hydrogen-bond donors (Lipinski definition) is 1. The Hall–Kier alpha value is -3.39. The van der Waals surface area contributed by atoms with Gasteiger partial charge in [-0.05, 0) is 43.5 Å². The van der Waals surface area contributed by atoms with Gasteiger partial charge in [0.15, 0.2) is 0 Å². The summed E-state index contributed by atoms with van der Waals surface area (Å²) >= 11 is 0. The Morgan fingerprint density at radius 2 is 1.65 bits per heavy atom. The molecule has 34 heavy (non-hydrogen) atoms. The molecule has 2 aliphatic heterocycles. The molecule has 2 aliphatic rings. The topological polar surface area (TPSA) is 82.2 Å². The van der Waals surface area contributed by atoms with Gasteiger partial charge >= 0.3 is 0 Å². The first-order chi connectivity index (χ1) is 16.5. The molecule has 2 fully saturated rings. The molecule has 2 saturated heterocycles. The van der Waals surface area contributed by atoms with Gasteiger partial charge in [0.1, 0.15) is 12.1 Å². The third kappa shape index (κ3) is 4.92. The highest BCUT2D eigenvalue weighted by Crippen LogP contribution is 2.39. The van der Waals surface area contributed by atoms with Crippen molar-refractivity contribution in [1.29, 1.82) is 0 Å². The van der Waals surface area contributed by atoms with E-state index in [9.17, 15) is 14.4 Å². The summed E-state index contributed by atoms with van der Waals surface area (Å²) in [6.07, 6.45) is 1.76. The van der Waals surface area contributed by atoms with Crippen molar-refractivity contribution >= 4 is 23.4 Å². The molecule has 0 aromatic heterocycles. The third-order valence-electron chi connectivity index (χ3n) is 6.66. The Labute approximate surface area is 200 Å². The van der Waals surface area contributed by atoms with Crippen molar-refractivity contribution in [2.75, 3.05) is 51.5 Å². The van der Waals surface area contributed by atoms with Gasteiger partial charge in [-0.2, -0.15) is 0 Å². The summed E-state index contributed by atoms with van der Waals surface area (Å²) in [6.45, 7) is 2.43. The molecular formula is C26H32N4O4. The van der Waals surface area contributed by atoms with Crippen LogP contribution in [0.2, 0.25) is 0 Å². The number of carbonyl (C=O) groups excluding carboxylic acids is 3. The van der Waals surface area contributed by atoms with Crippen LogP contribution in [-0.2, 0) is 14.3 Å². The molecule has 0 saturated carbocycles. The number of para-hydroxylation sites is 1. The number of amides is 3. The highest BCUT2D eigenvalue weighted by Gasteiger charge is 2.54. The van der Waals surface area contributed by atoms with E-state index in [0.29, 0.717) is 51.3 Å². The Balaban J connectivity index is 1.48. The first kappa shape index (κ1) is 23.8. The minimum Gasteiger partial charge on any atom is -0.385 e.